The fourth-order valence-electron chi connectivity index (χ4n) is 1.89. The predicted octanol–water partition coefficient (Wildman–Crippen LogP) is 3.17. The van der Waals surface area contributed by atoms with Gasteiger partial charge in [-0.15, -0.1) is 0 Å². The van der Waals surface area contributed by atoms with Gasteiger partial charge >= 0.3 is 12.0 Å². The Morgan fingerprint density at radius 1 is 1.19 bits per heavy atom. The molecule has 1 aromatic carbocycles. The molecule has 0 aliphatic carbocycles. The van der Waals surface area contributed by atoms with Crippen molar-refractivity contribution in [2.45, 2.75) is 26.8 Å². The van der Waals surface area contributed by atoms with Crippen LogP contribution in [0.15, 0.2) is 28.7 Å². The number of carbonyl (C=O) groups is 2. The Kier molecular flexibility index (Phi) is 6.68. The van der Waals surface area contributed by atoms with Crippen LogP contribution < -0.4 is 10.6 Å². The highest BCUT2D eigenvalue weighted by atomic mass is 79.9. The maximum atomic E-state index is 11.8. The molecular weight excluding hydrogens is 336 g/mol. The lowest BCUT2D eigenvalue weighted by atomic mass is 9.96. The molecule has 6 heteroatoms. The van der Waals surface area contributed by atoms with Gasteiger partial charge in [0.1, 0.15) is 0 Å². The third-order valence-corrected chi connectivity index (χ3v) is 3.85. The van der Waals surface area contributed by atoms with E-state index in [9.17, 15) is 9.59 Å². The van der Waals surface area contributed by atoms with Crippen molar-refractivity contribution in [1.82, 2.24) is 10.6 Å². The van der Waals surface area contributed by atoms with Crippen molar-refractivity contribution >= 4 is 27.9 Å². The Balaban J connectivity index is 2.49. The van der Waals surface area contributed by atoms with Crippen LogP contribution in [0.5, 0.6) is 0 Å². The van der Waals surface area contributed by atoms with Crippen LogP contribution in [0.1, 0.15) is 32.4 Å². The normalized spacial score (nSPS) is 13.6. The third kappa shape index (κ3) is 5.75. The summed E-state index contributed by atoms with van der Waals surface area (Å²) in [7, 11) is 0. The maximum absolute atomic E-state index is 11.8. The first-order valence-corrected chi connectivity index (χ1v) is 7.63. The number of carboxylic acid groups (broad SMARTS) is 1. The van der Waals surface area contributed by atoms with Gasteiger partial charge in [-0.25, -0.2) is 4.79 Å². The van der Waals surface area contributed by atoms with Crippen molar-refractivity contribution in [2.75, 3.05) is 6.54 Å². The number of halogens is 1. The van der Waals surface area contributed by atoms with E-state index in [2.05, 4.69) is 26.6 Å². The number of urea groups is 1. The van der Waals surface area contributed by atoms with E-state index in [0.29, 0.717) is 0 Å². The van der Waals surface area contributed by atoms with Crippen LogP contribution in [0, 0.1) is 11.8 Å². The second-order valence-corrected chi connectivity index (χ2v) is 6.23. The number of benzene rings is 1. The Hall–Kier alpha value is -1.56. The van der Waals surface area contributed by atoms with Gasteiger partial charge in [-0.3, -0.25) is 4.79 Å². The highest BCUT2D eigenvalue weighted by Gasteiger charge is 2.22. The number of carboxylic acids is 1. The topological polar surface area (TPSA) is 78.4 Å². The van der Waals surface area contributed by atoms with E-state index in [-0.39, 0.29) is 24.5 Å². The SMILES string of the molecule is CC(NC(=O)NCC(C(=O)O)C(C)C)c1ccc(Br)cc1. The first-order chi connectivity index (χ1) is 9.81. The fourth-order valence-corrected chi connectivity index (χ4v) is 2.16. The summed E-state index contributed by atoms with van der Waals surface area (Å²) in [6.07, 6.45) is 0. The van der Waals surface area contributed by atoms with Crippen molar-refractivity contribution in [3.8, 4) is 0 Å². The van der Waals surface area contributed by atoms with Crippen LogP contribution in [-0.2, 0) is 4.79 Å². The molecule has 0 aliphatic heterocycles. The number of nitrogens with one attached hydrogen (secondary N) is 2. The lowest BCUT2D eigenvalue weighted by molar-refractivity contribution is -0.142. The largest absolute Gasteiger partial charge is 0.481 e. The van der Waals surface area contributed by atoms with E-state index in [0.717, 1.165) is 10.0 Å². The molecule has 3 N–H and O–H groups in total. The smallest absolute Gasteiger partial charge is 0.315 e. The van der Waals surface area contributed by atoms with E-state index in [1.165, 1.54) is 0 Å². The highest BCUT2D eigenvalue weighted by Crippen LogP contribution is 2.16. The molecule has 5 nitrogen and oxygen atoms in total. The van der Waals surface area contributed by atoms with Crippen LogP contribution in [0.25, 0.3) is 0 Å². The summed E-state index contributed by atoms with van der Waals surface area (Å²) in [5.74, 6) is -1.52. The van der Waals surface area contributed by atoms with Crippen molar-refractivity contribution in [1.29, 1.82) is 0 Å². The van der Waals surface area contributed by atoms with Crippen molar-refractivity contribution in [2.24, 2.45) is 11.8 Å². The van der Waals surface area contributed by atoms with E-state index in [1.807, 2.05) is 45.0 Å². The molecule has 1 rings (SSSR count). The zero-order valence-corrected chi connectivity index (χ0v) is 14.0. The highest BCUT2D eigenvalue weighted by molar-refractivity contribution is 9.10. The summed E-state index contributed by atoms with van der Waals surface area (Å²) in [6.45, 7) is 5.64. The standard InChI is InChI=1S/C15H21BrN2O3/c1-9(2)13(14(19)20)8-17-15(21)18-10(3)11-4-6-12(16)7-5-11/h4-7,9-10,13H,8H2,1-3H3,(H,19,20)(H2,17,18,21). The van der Waals surface area contributed by atoms with Gasteiger partial charge in [0.25, 0.3) is 0 Å². The average Bonchev–Trinajstić information content (AvgIpc) is 2.38. The van der Waals surface area contributed by atoms with E-state index >= 15 is 0 Å². The molecule has 0 heterocycles. The molecule has 0 saturated carbocycles. The molecule has 0 spiro atoms. The number of carbonyl (C=O) groups excluding carboxylic acids is 1. The summed E-state index contributed by atoms with van der Waals surface area (Å²) in [6, 6.07) is 7.14. The third-order valence-electron chi connectivity index (χ3n) is 3.32. The minimum Gasteiger partial charge on any atom is -0.481 e. The van der Waals surface area contributed by atoms with Gasteiger partial charge in [0.2, 0.25) is 0 Å². The molecule has 2 amide bonds. The van der Waals surface area contributed by atoms with Crippen LogP contribution >= 0.6 is 15.9 Å². The molecule has 21 heavy (non-hydrogen) atoms. The Morgan fingerprint density at radius 2 is 1.76 bits per heavy atom. The van der Waals surface area contributed by atoms with Crippen LogP contribution in [0.2, 0.25) is 0 Å². The van der Waals surface area contributed by atoms with Gasteiger partial charge in [0.15, 0.2) is 0 Å². The number of amides is 2. The second-order valence-electron chi connectivity index (χ2n) is 5.32. The van der Waals surface area contributed by atoms with Crippen molar-refractivity contribution in [3.63, 3.8) is 0 Å². The molecule has 116 valence electrons. The van der Waals surface area contributed by atoms with Gasteiger partial charge in [0, 0.05) is 11.0 Å². The molecule has 0 aromatic heterocycles. The van der Waals surface area contributed by atoms with Gasteiger partial charge in [-0.05, 0) is 30.5 Å². The first-order valence-electron chi connectivity index (χ1n) is 6.84. The maximum Gasteiger partial charge on any atom is 0.315 e. The van der Waals surface area contributed by atoms with E-state index in [1.54, 1.807) is 0 Å². The summed E-state index contributed by atoms with van der Waals surface area (Å²) >= 11 is 3.36. The zero-order chi connectivity index (χ0) is 16.0. The summed E-state index contributed by atoms with van der Waals surface area (Å²) in [5, 5.41) is 14.5. The van der Waals surface area contributed by atoms with E-state index in [4.69, 9.17) is 5.11 Å². The lowest BCUT2D eigenvalue weighted by Crippen LogP contribution is -2.42. The molecule has 0 radical (unpaired) electrons. The zero-order valence-electron chi connectivity index (χ0n) is 12.4. The predicted molar refractivity (Wildman–Crippen MR) is 85.1 cm³/mol. The molecule has 0 saturated heterocycles. The number of hydrogen-bond acceptors (Lipinski definition) is 2. The van der Waals surface area contributed by atoms with Crippen LogP contribution in [0.4, 0.5) is 4.79 Å². The summed E-state index contributed by atoms with van der Waals surface area (Å²) < 4.78 is 0.976. The summed E-state index contributed by atoms with van der Waals surface area (Å²) in [5.41, 5.74) is 0.979. The summed E-state index contributed by atoms with van der Waals surface area (Å²) in [4.78, 5) is 22.9. The van der Waals surface area contributed by atoms with Gasteiger partial charge in [0.05, 0.1) is 12.0 Å². The van der Waals surface area contributed by atoms with Crippen molar-refractivity contribution in [3.05, 3.63) is 34.3 Å². The number of rotatable bonds is 6. The Bertz CT molecular complexity index is 488. The molecule has 2 unspecified atom stereocenters. The Labute approximate surface area is 133 Å². The average molecular weight is 357 g/mol. The molecule has 0 aliphatic rings. The first kappa shape index (κ1) is 17.5. The van der Waals surface area contributed by atoms with Gasteiger partial charge in [-0.2, -0.15) is 0 Å². The Morgan fingerprint density at radius 3 is 2.24 bits per heavy atom. The molecule has 1 aromatic rings. The molecule has 2 atom stereocenters. The van der Waals surface area contributed by atoms with E-state index < -0.39 is 11.9 Å². The van der Waals surface area contributed by atoms with Gasteiger partial charge < -0.3 is 15.7 Å². The quantitative estimate of drug-likeness (QED) is 0.732. The van der Waals surface area contributed by atoms with Crippen LogP contribution in [0.3, 0.4) is 0 Å². The lowest BCUT2D eigenvalue weighted by Gasteiger charge is -2.19. The number of aliphatic carboxylic acids is 1. The molecule has 0 fully saturated rings. The minimum absolute atomic E-state index is 0.0355. The second kappa shape index (κ2) is 8.02. The molecular formula is C15H21BrN2O3. The molecule has 0 bridgehead atoms. The number of hydrogen-bond donors (Lipinski definition) is 3. The monoisotopic (exact) mass is 356 g/mol. The fraction of sp³-hybridized carbons (Fsp3) is 0.467. The van der Waals surface area contributed by atoms with Crippen LogP contribution in [-0.4, -0.2) is 23.7 Å². The van der Waals surface area contributed by atoms with Gasteiger partial charge in [-0.1, -0.05) is 41.9 Å². The van der Waals surface area contributed by atoms with Crippen molar-refractivity contribution < 1.29 is 14.7 Å². The minimum atomic E-state index is -0.897.